The Morgan fingerprint density at radius 3 is 2.53 bits per heavy atom. The van der Waals surface area contributed by atoms with Gasteiger partial charge in [0.25, 0.3) is 0 Å². The molecule has 0 spiro atoms. The molecule has 0 radical (unpaired) electrons. The normalized spacial score (nSPS) is 10.2. The first-order valence-electron chi connectivity index (χ1n) is 4.01. The summed E-state index contributed by atoms with van der Waals surface area (Å²) < 4.78 is 43.0. The maximum atomic E-state index is 13.1. The molecule has 0 saturated heterocycles. The zero-order valence-corrected chi connectivity index (χ0v) is 8.37. The SMILES string of the molecule is CCC(=O)Oc1cc(F)c(F)c(Cl)c1F. The second kappa shape index (κ2) is 4.53. The summed E-state index contributed by atoms with van der Waals surface area (Å²) in [7, 11) is 0. The van der Waals surface area contributed by atoms with Crippen LogP contribution in [0.25, 0.3) is 0 Å². The minimum atomic E-state index is -1.51. The Kier molecular flexibility index (Phi) is 3.57. The third-order valence-corrected chi connectivity index (χ3v) is 1.91. The van der Waals surface area contributed by atoms with Gasteiger partial charge in [0, 0.05) is 12.5 Å². The highest BCUT2D eigenvalue weighted by Gasteiger charge is 2.19. The molecule has 0 N–H and O–H groups in total. The lowest BCUT2D eigenvalue weighted by molar-refractivity contribution is -0.134. The lowest BCUT2D eigenvalue weighted by Crippen LogP contribution is -2.08. The van der Waals surface area contributed by atoms with Gasteiger partial charge in [0.2, 0.25) is 0 Å². The number of esters is 1. The van der Waals surface area contributed by atoms with Gasteiger partial charge < -0.3 is 4.74 Å². The number of carbonyl (C=O) groups is 1. The van der Waals surface area contributed by atoms with E-state index in [2.05, 4.69) is 4.74 Å². The van der Waals surface area contributed by atoms with Crippen molar-refractivity contribution >= 4 is 17.6 Å². The zero-order valence-electron chi connectivity index (χ0n) is 7.61. The lowest BCUT2D eigenvalue weighted by Gasteiger charge is -2.06. The predicted octanol–water partition coefficient (Wildman–Crippen LogP) is 3.07. The van der Waals surface area contributed by atoms with Gasteiger partial charge in [-0.15, -0.1) is 0 Å². The minimum Gasteiger partial charge on any atom is -0.423 e. The van der Waals surface area contributed by atoms with Crippen molar-refractivity contribution in [3.8, 4) is 5.75 Å². The Balaban J connectivity index is 3.15. The van der Waals surface area contributed by atoms with E-state index in [1.54, 1.807) is 0 Å². The van der Waals surface area contributed by atoms with Crippen molar-refractivity contribution in [3.63, 3.8) is 0 Å². The van der Waals surface area contributed by atoms with Crippen molar-refractivity contribution in [2.24, 2.45) is 0 Å². The molecule has 0 atom stereocenters. The van der Waals surface area contributed by atoms with Crippen LogP contribution < -0.4 is 4.74 Å². The van der Waals surface area contributed by atoms with E-state index in [-0.39, 0.29) is 6.42 Å². The van der Waals surface area contributed by atoms with Crippen LogP contribution in [-0.2, 0) is 4.79 Å². The van der Waals surface area contributed by atoms with Crippen LogP contribution in [0.5, 0.6) is 5.75 Å². The average Bonchev–Trinajstić information content (AvgIpc) is 2.22. The van der Waals surface area contributed by atoms with Crippen molar-refractivity contribution in [1.82, 2.24) is 0 Å². The van der Waals surface area contributed by atoms with E-state index in [0.29, 0.717) is 6.07 Å². The van der Waals surface area contributed by atoms with Gasteiger partial charge in [-0.2, -0.15) is 0 Å². The van der Waals surface area contributed by atoms with Gasteiger partial charge in [0.05, 0.1) is 0 Å². The van der Waals surface area contributed by atoms with Crippen molar-refractivity contribution in [3.05, 3.63) is 28.5 Å². The van der Waals surface area contributed by atoms with Crippen LogP contribution in [-0.4, -0.2) is 5.97 Å². The molecule has 0 unspecified atom stereocenters. The molecule has 0 fully saturated rings. The molecule has 0 amide bonds. The van der Waals surface area contributed by atoms with Crippen LogP contribution in [0.4, 0.5) is 13.2 Å². The van der Waals surface area contributed by atoms with Crippen LogP contribution in [0.15, 0.2) is 6.07 Å². The van der Waals surface area contributed by atoms with E-state index in [4.69, 9.17) is 11.6 Å². The number of rotatable bonds is 2. The van der Waals surface area contributed by atoms with Crippen LogP contribution >= 0.6 is 11.6 Å². The van der Waals surface area contributed by atoms with Crippen LogP contribution in [0.2, 0.25) is 5.02 Å². The van der Waals surface area contributed by atoms with Crippen molar-refractivity contribution in [2.75, 3.05) is 0 Å². The molecule has 2 nitrogen and oxygen atoms in total. The van der Waals surface area contributed by atoms with Gasteiger partial charge in [-0.1, -0.05) is 18.5 Å². The molecule has 0 aliphatic rings. The van der Waals surface area contributed by atoms with E-state index >= 15 is 0 Å². The Hall–Kier alpha value is -1.23. The molecule has 0 saturated carbocycles. The predicted molar refractivity (Wildman–Crippen MR) is 47.3 cm³/mol. The maximum Gasteiger partial charge on any atom is 0.311 e. The van der Waals surface area contributed by atoms with Gasteiger partial charge in [-0.3, -0.25) is 4.79 Å². The van der Waals surface area contributed by atoms with E-state index < -0.39 is 34.2 Å². The van der Waals surface area contributed by atoms with Gasteiger partial charge >= 0.3 is 5.97 Å². The quantitative estimate of drug-likeness (QED) is 0.343. The highest BCUT2D eigenvalue weighted by molar-refractivity contribution is 6.31. The molecular weight excluding hydrogens is 233 g/mol. The Labute approximate surface area is 88.6 Å². The Bertz CT molecular complexity index is 407. The molecule has 1 aromatic carbocycles. The molecule has 1 rings (SSSR count). The Morgan fingerprint density at radius 1 is 1.40 bits per heavy atom. The van der Waals surface area contributed by atoms with E-state index in [1.165, 1.54) is 6.92 Å². The lowest BCUT2D eigenvalue weighted by atomic mass is 10.3. The standard InChI is InChI=1S/C9H6ClF3O2/c1-2-6(14)15-5-3-4(11)8(12)7(10)9(5)13/h3H,2H2,1H3. The molecule has 0 bridgehead atoms. The number of ether oxygens (including phenoxy) is 1. The molecule has 0 heterocycles. The molecule has 82 valence electrons. The molecule has 6 heteroatoms. The fraction of sp³-hybridized carbons (Fsp3) is 0.222. The highest BCUT2D eigenvalue weighted by Crippen LogP contribution is 2.29. The largest absolute Gasteiger partial charge is 0.423 e. The molecule has 0 aliphatic heterocycles. The zero-order chi connectivity index (χ0) is 11.6. The Morgan fingerprint density at radius 2 is 2.00 bits per heavy atom. The number of halogens is 4. The topological polar surface area (TPSA) is 26.3 Å². The highest BCUT2D eigenvalue weighted by atomic mass is 35.5. The van der Waals surface area contributed by atoms with Crippen LogP contribution in [0.1, 0.15) is 13.3 Å². The summed E-state index contributed by atoms with van der Waals surface area (Å²) in [6.45, 7) is 1.47. The smallest absolute Gasteiger partial charge is 0.311 e. The summed E-state index contributed by atoms with van der Waals surface area (Å²) in [6.07, 6.45) is -0.0178. The first-order valence-corrected chi connectivity index (χ1v) is 4.38. The van der Waals surface area contributed by atoms with Crippen LogP contribution in [0, 0.1) is 17.5 Å². The monoisotopic (exact) mass is 238 g/mol. The first-order chi connectivity index (χ1) is 6.97. The van der Waals surface area contributed by atoms with E-state index in [1.807, 2.05) is 0 Å². The molecule has 0 aliphatic carbocycles. The summed E-state index contributed by atoms with van der Waals surface area (Å²) >= 11 is 5.13. The summed E-state index contributed by atoms with van der Waals surface area (Å²) in [4.78, 5) is 10.8. The average molecular weight is 239 g/mol. The molecule has 15 heavy (non-hydrogen) atoms. The molecule has 0 aromatic heterocycles. The third-order valence-electron chi connectivity index (χ3n) is 1.58. The van der Waals surface area contributed by atoms with Crippen molar-refractivity contribution in [2.45, 2.75) is 13.3 Å². The fourth-order valence-electron chi connectivity index (χ4n) is 0.820. The summed E-state index contributed by atoms with van der Waals surface area (Å²) in [5.41, 5.74) is 0. The minimum absolute atomic E-state index is 0.0178. The third kappa shape index (κ3) is 2.41. The second-order valence-electron chi connectivity index (χ2n) is 2.63. The fourth-order valence-corrected chi connectivity index (χ4v) is 1.00. The second-order valence-corrected chi connectivity index (χ2v) is 3.00. The van der Waals surface area contributed by atoms with Crippen LogP contribution in [0.3, 0.4) is 0 Å². The summed E-state index contributed by atoms with van der Waals surface area (Å²) in [6, 6.07) is 0.435. The van der Waals surface area contributed by atoms with Crippen molar-refractivity contribution in [1.29, 1.82) is 0 Å². The van der Waals surface area contributed by atoms with E-state index in [9.17, 15) is 18.0 Å². The number of benzene rings is 1. The number of hydrogen-bond acceptors (Lipinski definition) is 2. The maximum absolute atomic E-state index is 13.1. The molecule has 1 aromatic rings. The van der Waals surface area contributed by atoms with Gasteiger partial charge in [0.1, 0.15) is 5.02 Å². The number of hydrogen-bond donors (Lipinski definition) is 0. The molecular formula is C9H6ClF3O2. The van der Waals surface area contributed by atoms with Gasteiger partial charge in [0.15, 0.2) is 23.2 Å². The summed E-state index contributed by atoms with van der Waals surface area (Å²) in [5, 5.41) is -1.03. The van der Waals surface area contributed by atoms with Crippen molar-refractivity contribution < 1.29 is 22.7 Å². The van der Waals surface area contributed by atoms with E-state index in [0.717, 1.165) is 0 Å². The van der Waals surface area contributed by atoms with Gasteiger partial charge in [-0.25, -0.2) is 13.2 Å². The first kappa shape index (κ1) is 11.8. The van der Waals surface area contributed by atoms with Gasteiger partial charge in [-0.05, 0) is 0 Å². The summed E-state index contributed by atoms with van der Waals surface area (Å²) in [5.74, 6) is -5.66. The number of carbonyl (C=O) groups excluding carboxylic acids is 1.